The molecule has 3 nitrogen and oxygen atoms in total. The largest absolute Gasteiger partial charge is 0.354 e. The van der Waals surface area contributed by atoms with Crippen molar-refractivity contribution >= 4 is 17.7 Å². The summed E-state index contributed by atoms with van der Waals surface area (Å²) in [6.07, 6.45) is 1.13. The van der Waals surface area contributed by atoms with Gasteiger partial charge >= 0.3 is 0 Å². The maximum Gasteiger partial charge on any atom is 0.236 e. The smallest absolute Gasteiger partial charge is 0.236 e. The molecule has 0 bridgehead atoms. The maximum atomic E-state index is 11.6. The Labute approximate surface area is 104 Å². The Morgan fingerprint density at radius 1 is 1.31 bits per heavy atom. The standard InChI is InChI=1S/C12H26N2OS/c1-5-16-8-6-7-13-11(4)12(15)14-9-10(2)3/h10-11,13H,5-9H2,1-4H3,(H,14,15). The molecule has 0 aliphatic heterocycles. The van der Waals surface area contributed by atoms with Gasteiger partial charge in [0.15, 0.2) is 0 Å². The van der Waals surface area contributed by atoms with Crippen LogP contribution in [0.2, 0.25) is 0 Å². The highest BCUT2D eigenvalue weighted by Gasteiger charge is 2.11. The van der Waals surface area contributed by atoms with Crippen LogP contribution in [-0.2, 0) is 4.79 Å². The van der Waals surface area contributed by atoms with Gasteiger partial charge in [-0.3, -0.25) is 4.79 Å². The summed E-state index contributed by atoms with van der Waals surface area (Å²) in [5.41, 5.74) is 0. The Morgan fingerprint density at radius 2 is 2.00 bits per heavy atom. The first kappa shape index (κ1) is 15.8. The fourth-order valence-electron chi connectivity index (χ4n) is 1.19. The lowest BCUT2D eigenvalue weighted by molar-refractivity contribution is -0.122. The molecule has 96 valence electrons. The molecule has 0 aliphatic rings. The first-order chi connectivity index (χ1) is 7.57. The van der Waals surface area contributed by atoms with Crippen molar-refractivity contribution in [2.45, 2.75) is 40.2 Å². The lowest BCUT2D eigenvalue weighted by Gasteiger charge is -2.14. The minimum absolute atomic E-state index is 0.0784. The van der Waals surface area contributed by atoms with Crippen LogP contribution in [0.25, 0.3) is 0 Å². The molecule has 0 spiro atoms. The summed E-state index contributed by atoms with van der Waals surface area (Å²) in [6, 6.07) is -0.0784. The highest BCUT2D eigenvalue weighted by Crippen LogP contribution is 1.99. The van der Waals surface area contributed by atoms with Crippen molar-refractivity contribution in [2.24, 2.45) is 5.92 Å². The average molecular weight is 246 g/mol. The van der Waals surface area contributed by atoms with Gasteiger partial charge in [-0.05, 0) is 37.3 Å². The second kappa shape index (κ2) is 9.97. The average Bonchev–Trinajstić information content (AvgIpc) is 2.25. The first-order valence-electron chi connectivity index (χ1n) is 6.16. The number of carbonyl (C=O) groups is 1. The van der Waals surface area contributed by atoms with Crippen LogP contribution in [0.1, 0.15) is 34.1 Å². The van der Waals surface area contributed by atoms with E-state index in [1.54, 1.807) is 0 Å². The Morgan fingerprint density at radius 3 is 2.56 bits per heavy atom. The van der Waals surface area contributed by atoms with Gasteiger partial charge in [-0.15, -0.1) is 0 Å². The van der Waals surface area contributed by atoms with Gasteiger partial charge in [0.05, 0.1) is 6.04 Å². The zero-order valence-electron chi connectivity index (χ0n) is 11.0. The Kier molecular flexibility index (Phi) is 9.83. The summed E-state index contributed by atoms with van der Waals surface area (Å²) in [5.74, 6) is 2.96. The number of carbonyl (C=O) groups excluding carboxylic acids is 1. The van der Waals surface area contributed by atoms with E-state index in [1.807, 2.05) is 18.7 Å². The van der Waals surface area contributed by atoms with Gasteiger partial charge in [-0.2, -0.15) is 11.8 Å². The van der Waals surface area contributed by atoms with Crippen LogP contribution in [-0.4, -0.2) is 36.5 Å². The maximum absolute atomic E-state index is 11.6. The van der Waals surface area contributed by atoms with E-state index >= 15 is 0 Å². The van der Waals surface area contributed by atoms with Crippen molar-refractivity contribution in [2.75, 3.05) is 24.6 Å². The molecule has 2 N–H and O–H groups in total. The van der Waals surface area contributed by atoms with E-state index < -0.39 is 0 Å². The fraction of sp³-hybridized carbons (Fsp3) is 0.917. The molecule has 0 saturated carbocycles. The van der Waals surface area contributed by atoms with Crippen LogP contribution in [0.3, 0.4) is 0 Å². The van der Waals surface area contributed by atoms with Gasteiger partial charge in [0.25, 0.3) is 0 Å². The molecule has 1 amide bonds. The van der Waals surface area contributed by atoms with Gasteiger partial charge in [-0.1, -0.05) is 20.8 Å². The molecule has 0 rings (SSSR count). The summed E-state index contributed by atoms with van der Waals surface area (Å²) < 4.78 is 0. The molecule has 0 fully saturated rings. The van der Waals surface area contributed by atoms with Gasteiger partial charge < -0.3 is 10.6 Å². The summed E-state index contributed by atoms with van der Waals surface area (Å²) in [4.78, 5) is 11.6. The van der Waals surface area contributed by atoms with Crippen LogP contribution in [0.5, 0.6) is 0 Å². The second-order valence-electron chi connectivity index (χ2n) is 4.37. The van der Waals surface area contributed by atoms with Gasteiger partial charge in [0.1, 0.15) is 0 Å². The molecule has 0 aromatic heterocycles. The topological polar surface area (TPSA) is 41.1 Å². The van der Waals surface area contributed by atoms with E-state index in [2.05, 4.69) is 31.4 Å². The molecule has 0 radical (unpaired) electrons. The SMILES string of the molecule is CCSCCCNC(C)C(=O)NCC(C)C. The van der Waals surface area contributed by atoms with E-state index in [1.165, 1.54) is 11.5 Å². The third kappa shape index (κ3) is 9.04. The minimum atomic E-state index is -0.0784. The van der Waals surface area contributed by atoms with Crippen LogP contribution < -0.4 is 10.6 Å². The predicted molar refractivity (Wildman–Crippen MR) is 72.9 cm³/mol. The van der Waals surface area contributed by atoms with Gasteiger partial charge in [0, 0.05) is 6.54 Å². The normalized spacial score (nSPS) is 12.8. The molecule has 0 saturated heterocycles. The number of hydrogen-bond donors (Lipinski definition) is 2. The molecule has 0 aromatic rings. The van der Waals surface area contributed by atoms with Crippen molar-refractivity contribution in [1.82, 2.24) is 10.6 Å². The van der Waals surface area contributed by atoms with E-state index in [-0.39, 0.29) is 11.9 Å². The molecule has 1 atom stereocenters. The van der Waals surface area contributed by atoms with Crippen LogP contribution >= 0.6 is 11.8 Å². The molecular weight excluding hydrogens is 220 g/mol. The zero-order chi connectivity index (χ0) is 12.4. The number of hydrogen-bond acceptors (Lipinski definition) is 3. The summed E-state index contributed by atoms with van der Waals surface area (Å²) >= 11 is 1.94. The summed E-state index contributed by atoms with van der Waals surface area (Å²) in [5, 5.41) is 6.17. The number of amides is 1. The molecule has 0 aromatic carbocycles. The number of rotatable bonds is 9. The zero-order valence-corrected chi connectivity index (χ0v) is 11.8. The van der Waals surface area contributed by atoms with E-state index in [4.69, 9.17) is 0 Å². The molecule has 16 heavy (non-hydrogen) atoms. The fourth-order valence-corrected chi connectivity index (χ4v) is 1.82. The molecule has 4 heteroatoms. The van der Waals surface area contributed by atoms with Crippen LogP contribution in [0.4, 0.5) is 0 Å². The highest BCUT2D eigenvalue weighted by molar-refractivity contribution is 7.99. The van der Waals surface area contributed by atoms with Crippen molar-refractivity contribution in [3.8, 4) is 0 Å². The Balaban J connectivity index is 3.47. The van der Waals surface area contributed by atoms with E-state index in [0.717, 1.165) is 19.5 Å². The summed E-state index contributed by atoms with van der Waals surface area (Å²) in [6.45, 7) is 9.96. The lowest BCUT2D eigenvalue weighted by Crippen LogP contribution is -2.43. The predicted octanol–water partition coefficient (Wildman–Crippen LogP) is 1.88. The van der Waals surface area contributed by atoms with Gasteiger partial charge in [-0.25, -0.2) is 0 Å². The third-order valence-corrected chi connectivity index (χ3v) is 3.18. The van der Waals surface area contributed by atoms with Crippen LogP contribution in [0.15, 0.2) is 0 Å². The Bertz CT molecular complexity index is 186. The first-order valence-corrected chi connectivity index (χ1v) is 7.32. The van der Waals surface area contributed by atoms with Crippen molar-refractivity contribution in [3.63, 3.8) is 0 Å². The number of nitrogens with one attached hydrogen (secondary N) is 2. The van der Waals surface area contributed by atoms with Crippen molar-refractivity contribution < 1.29 is 4.79 Å². The van der Waals surface area contributed by atoms with Crippen molar-refractivity contribution in [1.29, 1.82) is 0 Å². The van der Waals surface area contributed by atoms with Crippen molar-refractivity contribution in [3.05, 3.63) is 0 Å². The molecule has 1 unspecified atom stereocenters. The van der Waals surface area contributed by atoms with E-state index in [0.29, 0.717) is 5.92 Å². The quantitative estimate of drug-likeness (QED) is 0.610. The number of thioether (sulfide) groups is 1. The minimum Gasteiger partial charge on any atom is -0.354 e. The highest BCUT2D eigenvalue weighted by atomic mass is 32.2. The molecule has 0 heterocycles. The lowest BCUT2D eigenvalue weighted by atomic mass is 10.2. The third-order valence-electron chi connectivity index (χ3n) is 2.20. The second-order valence-corrected chi connectivity index (χ2v) is 5.76. The van der Waals surface area contributed by atoms with E-state index in [9.17, 15) is 4.79 Å². The summed E-state index contributed by atoms with van der Waals surface area (Å²) in [7, 11) is 0. The molecular formula is C12H26N2OS. The Hall–Kier alpha value is -0.220. The molecule has 0 aliphatic carbocycles. The van der Waals surface area contributed by atoms with Gasteiger partial charge in [0.2, 0.25) is 5.91 Å². The van der Waals surface area contributed by atoms with Crippen LogP contribution in [0, 0.1) is 5.92 Å². The monoisotopic (exact) mass is 246 g/mol.